The normalized spacial score (nSPS) is 32.8. The summed E-state index contributed by atoms with van der Waals surface area (Å²) >= 11 is 0. The summed E-state index contributed by atoms with van der Waals surface area (Å²) in [6, 6.07) is 9.13. The third-order valence-corrected chi connectivity index (χ3v) is 6.76. The third-order valence-electron chi connectivity index (χ3n) is 6.76. The van der Waals surface area contributed by atoms with Gasteiger partial charge in [-0.3, -0.25) is 9.69 Å². The lowest BCUT2D eigenvalue weighted by atomic mass is 9.85. The van der Waals surface area contributed by atoms with Crippen LogP contribution in [0.4, 0.5) is 0 Å². The van der Waals surface area contributed by atoms with Gasteiger partial charge in [0.2, 0.25) is 5.91 Å². The molecule has 1 spiro atoms. The van der Waals surface area contributed by atoms with Crippen LogP contribution in [0.15, 0.2) is 30.5 Å². The summed E-state index contributed by atoms with van der Waals surface area (Å²) in [5.74, 6) is 0.859. The molecule has 126 valence electrons. The number of para-hydroxylation sites is 1. The topological polar surface area (TPSA) is 28.5 Å². The van der Waals surface area contributed by atoms with Crippen molar-refractivity contribution in [1.29, 1.82) is 0 Å². The van der Waals surface area contributed by atoms with Crippen LogP contribution in [0, 0.1) is 5.92 Å². The molecule has 3 fully saturated rings. The first-order valence-electron chi connectivity index (χ1n) is 9.27. The Bertz CT molecular complexity index is 825. The Hall–Kier alpha value is -1.81. The van der Waals surface area contributed by atoms with Gasteiger partial charge in [-0.15, -0.1) is 0 Å². The minimum absolute atomic E-state index is 0.200. The van der Waals surface area contributed by atoms with E-state index in [9.17, 15) is 4.79 Å². The highest BCUT2D eigenvalue weighted by molar-refractivity contribution is 5.91. The van der Waals surface area contributed by atoms with Gasteiger partial charge in [-0.05, 0) is 44.4 Å². The largest absolute Gasteiger partial charge is 0.347 e. The molecule has 3 atom stereocenters. The highest BCUT2D eigenvalue weighted by atomic mass is 16.2. The molecule has 0 unspecified atom stereocenters. The van der Waals surface area contributed by atoms with E-state index >= 15 is 0 Å². The summed E-state index contributed by atoms with van der Waals surface area (Å²) in [6.07, 6.45) is 5.66. The van der Waals surface area contributed by atoms with Gasteiger partial charge in [-0.25, -0.2) is 0 Å². The van der Waals surface area contributed by atoms with Crippen molar-refractivity contribution in [2.45, 2.75) is 44.3 Å². The van der Waals surface area contributed by atoms with Crippen LogP contribution in [0.3, 0.4) is 0 Å². The van der Waals surface area contributed by atoms with Crippen molar-refractivity contribution < 1.29 is 4.79 Å². The lowest BCUT2D eigenvalue weighted by Crippen LogP contribution is -2.49. The monoisotopic (exact) mass is 323 g/mol. The van der Waals surface area contributed by atoms with E-state index in [2.05, 4.69) is 46.9 Å². The number of carbonyl (C=O) groups is 1. The number of carbonyl (C=O) groups excluding carboxylic acids is 1. The molecule has 0 bridgehead atoms. The first-order valence-corrected chi connectivity index (χ1v) is 9.27. The first kappa shape index (κ1) is 14.5. The maximum absolute atomic E-state index is 13.0. The van der Waals surface area contributed by atoms with Crippen LogP contribution in [0.25, 0.3) is 10.9 Å². The van der Waals surface area contributed by atoms with Gasteiger partial charge in [0.1, 0.15) is 5.54 Å². The van der Waals surface area contributed by atoms with Crippen molar-refractivity contribution >= 4 is 16.8 Å². The Kier molecular flexibility index (Phi) is 2.94. The number of likely N-dealkylation sites (tertiary alicyclic amines) is 1. The molecule has 24 heavy (non-hydrogen) atoms. The number of hydrogen-bond acceptors (Lipinski definition) is 2. The number of benzene rings is 1. The number of hydrogen-bond donors (Lipinski definition) is 0. The molecule has 1 aromatic heterocycles. The summed E-state index contributed by atoms with van der Waals surface area (Å²) in [5.41, 5.74) is 2.55. The lowest BCUT2D eigenvalue weighted by molar-refractivity contribution is -0.135. The van der Waals surface area contributed by atoms with Crippen LogP contribution < -0.4 is 0 Å². The third kappa shape index (κ3) is 1.60. The van der Waals surface area contributed by atoms with E-state index in [1.807, 2.05) is 11.9 Å². The number of fused-ring (bicyclic) bond motifs is 1. The van der Waals surface area contributed by atoms with Gasteiger partial charge in [0.25, 0.3) is 0 Å². The molecule has 0 radical (unpaired) electrons. The van der Waals surface area contributed by atoms with Crippen LogP contribution in [-0.4, -0.2) is 46.0 Å². The fourth-order valence-corrected chi connectivity index (χ4v) is 5.80. The number of amides is 1. The second-order valence-corrected chi connectivity index (χ2v) is 7.74. The molecule has 3 aliphatic rings. The molecule has 4 heteroatoms. The lowest BCUT2D eigenvalue weighted by Gasteiger charge is -2.33. The number of aryl methyl sites for hydroxylation is 1. The van der Waals surface area contributed by atoms with Crippen molar-refractivity contribution in [3.8, 4) is 0 Å². The second kappa shape index (κ2) is 4.85. The highest BCUT2D eigenvalue weighted by Crippen LogP contribution is 2.56. The molecule has 0 N–H and O–H groups in total. The fourth-order valence-electron chi connectivity index (χ4n) is 5.80. The fraction of sp³-hybridized carbons (Fsp3) is 0.550. The van der Waals surface area contributed by atoms with Gasteiger partial charge in [-0.2, -0.15) is 0 Å². The number of nitrogens with zero attached hydrogens (tertiary/aromatic N) is 3. The predicted molar refractivity (Wildman–Crippen MR) is 94.8 cm³/mol. The van der Waals surface area contributed by atoms with Gasteiger partial charge in [0.05, 0.1) is 0 Å². The summed E-state index contributed by atoms with van der Waals surface area (Å²) in [7, 11) is 1.98. The summed E-state index contributed by atoms with van der Waals surface area (Å²) in [4.78, 5) is 17.5. The van der Waals surface area contributed by atoms with Crippen LogP contribution in [0.5, 0.6) is 0 Å². The van der Waals surface area contributed by atoms with E-state index in [0.29, 0.717) is 17.9 Å². The quantitative estimate of drug-likeness (QED) is 0.850. The van der Waals surface area contributed by atoms with Crippen molar-refractivity contribution in [2.24, 2.45) is 5.92 Å². The molecule has 1 aromatic carbocycles. The van der Waals surface area contributed by atoms with Gasteiger partial charge in [0.15, 0.2) is 0 Å². The molecule has 0 saturated carbocycles. The second-order valence-electron chi connectivity index (χ2n) is 7.74. The van der Waals surface area contributed by atoms with E-state index in [1.165, 1.54) is 16.5 Å². The van der Waals surface area contributed by atoms with Gasteiger partial charge in [0, 0.05) is 49.2 Å². The number of aromatic nitrogens is 1. The summed E-state index contributed by atoms with van der Waals surface area (Å²) in [6.45, 7) is 5.18. The SMILES string of the molecule is CCn1cc([C@@H]2C[C@H]3CN(C)C(=O)[C@]34CCCN24)c2ccccc21. The van der Waals surface area contributed by atoms with E-state index < -0.39 is 0 Å². The van der Waals surface area contributed by atoms with Gasteiger partial charge < -0.3 is 9.47 Å². The van der Waals surface area contributed by atoms with Gasteiger partial charge in [-0.1, -0.05) is 18.2 Å². The Morgan fingerprint density at radius 3 is 2.96 bits per heavy atom. The zero-order chi connectivity index (χ0) is 16.5. The summed E-state index contributed by atoms with van der Waals surface area (Å²) in [5, 5.41) is 1.37. The molecule has 5 rings (SSSR count). The molecule has 4 nitrogen and oxygen atoms in total. The van der Waals surface area contributed by atoms with Crippen molar-refractivity contribution in [1.82, 2.24) is 14.4 Å². The molecule has 3 saturated heterocycles. The van der Waals surface area contributed by atoms with Crippen LogP contribution in [0.2, 0.25) is 0 Å². The van der Waals surface area contributed by atoms with E-state index in [4.69, 9.17) is 0 Å². The average Bonchev–Trinajstić information content (AvgIpc) is 3.30. The average molecular weight is 323 g/mol. The predicted octanol–water partition coefficient (Wildman–Crippen LogP) is 3.03. The Morgan fingerprint density at radius 2 is 2.12 bits per heavy atom. The highest BCUT2D eigenvalue weighted by Gasteiger charge is 2.64. The Labute approximate surface area is 143 Å². The maximum atomic E-state index is 13.0. The smallest absolute Gasteiger partial charge is 0.243 e. The molecule has 2 aromatic rings. The van der Waals surface area contributed by atoms with E-state index in [-0.39, 0.29) is 5.54 Å². The Morgan fingerprint density at radius 1 is 1.29 bits per heavy atom. The zero-order valence-electron chi connectivity index (χ0n) is 14.5. The Balaban J connectivity index is 1.64. The van der Waals surface area contributed by atoms with Gasteiger partial charge >= 0.3 is 0 Å². The van der Waals surface area contributed by atoms with Crippen molar-refractivity contribution in [3.05, 3.63) is 36.0 Å². The standard InChI is InChI=1S/C20H25N3O/c1-3-22-13-16(15-7-4-5-8-17(15)22)18-11-14-12-21(2)19(24)20(14)9-6-10-23(18)20/h4-5,7-8,13-14,18H,3,6,9-12H2,1-2H3/t14-,18-,20-/m0/s1. The number of likely N-dealkylation sites (N-methyl/N-ethyl adjacent to an activating group) is 1. The van der Waals surface area contributed by atoms with Crippen LogP contribution >= 0.6 is 0 Å². The maximum Gasteiger partial charge on any atom is 0.243 e. The first-order chi connectivity index (χ1) is 11.7. The van der Waals surface area contributed by atoms with Crippen LogP contribution in [-0.2, 0) is 11.3 Å². The molecule has 0 aliphatic carbocycles. The minimum atomic E-state index is -0.200. The molecule has 3 aliphatic heterocycles. The summed E-state index contributed by atoms with van der Waals surface area (Å²) < 4.78 is 2.36. The van der Waals surface area contributed by atoms with Crippen molar-refractivity contribution in [3.63, 3.8) is 0 Å². The molecule has 4 heterocycles. The number of rotatable bonds is 2. The molecule has 1 amide bonds. The van der Waals surface area contributed by atoms with E-state index in [1.54, 1.807) is 0 Å². The van der Waals surface area contributed by atoms with Crippen molar-refractivity contribution in [2.75, 3.05) is 20.1 Å². The minimum Gasteiger partial charge on any atom is -0.347 e. The zero-order valence-corrected chi connectivity index (χ0v) is 14.5. The molecular formula is C20H25N3O. The van der Waals surface area contributed by atoms with Crippen LogP contribution in [0.1, 0.15) is 37.8 Å². The van der Waals surface area contributed by atoms with E-state index in [0.717, 1.165) is 38.9 Å². The molecular weight excluding hydrogens is 298 g/mol.